The van der Waals surface area contributed by atoms with Crippen LogP contribution in [0.1, 0.15) is 0 Å². The molecule has 8 rings (SSSR count). The van der Waals surface area contributed by atoms with Crippen LogP contribution in [0.2, 0.25) is 0 Å². The summed E-state index contributed by atoms with van der Waals surface area (Å²) in [6.45, 7) is 0. The van der Waals surface area contributed by atoms with E-state index in [4.69, 9.17) is 9.47 Å². The second-order valence-corrected chi connectivity index (χ2v) is 10.0. The highest BCUT2D eigenvalue weighted by atomic mass is 16.5. The van der Waals surface area contributed by atoms with Gasteiger partial charge in [0.25, 0.3) is 0 Å². The predicted octanol–water partition coefficient (Wildman–Crippen LogP) is 7.48. The maximum atomic E-state index is 5.66. The lowest BCUT2D eigenvalue weighted by Crippen LogP contribution is -1.99. The molecule has 0 atom stereocenters. The Hall–Kier alpha value is -5.56. The third-order valence-electron chi connectivity index (χ3n) is 7.79. The number of aromatic nitrogens is 5. The molecule has 0 aliphatic heterocycles. The van der Waals surface area contributed by atoms with E-state index in [1.54, 1.807) is 14.2 Å². The number of fused-ring (bicyclic) bond motifs is 5. The Morgan fingerprint density at radius 1 is 0.488 bits per heavy atom. The Morgan fingerprint density at radius 2 is 0.976 bits per heavy atom. The van der Waals surface area contributed by atoms with E-state index in [1.807, 2.05) is 67.3 Å². The highest BCUT2D eigenvalue weighted by Gasteiger charge is 2.17. The fraction of sp³-hybridized carbons (Fsp3) is 0.0588. The van der Waals surface area contributed by atoms with Gasteiger partial charge < -0.3 is 14.0 Å². The molecule has 41 heavy (non-hydrogen) atoms. The number of rotatable bonds is 5. The minimum atomic E-state index is 0.725. The van der Waals surface area contributed by atoms with Crippen molar-refractivity contribution in [3.8, 4) is 28.6 Å². The molecule has 0 unspecified atom stereocenters. The molecule has 0 saturated carbocycles. The Balaban J connectivity index is 1.44. The Kier molecular flexibility index (Phi) is 5.12. The van der Waals surface area contributed by atoms with Gasteiger partial charge in [0.05, 0.1) is 53.0 Å². The molecule has 0 bridgehead atoms. The molecule has 0 amide bonds. The van der Waals surface area contributed by atoms with Crippen LogP contribution in [-0.4, -0.2) is 37.9 Å². The number of nitrogens with zero attached hydrogens (tertiary/aromatic N) is 5. The topological polar surface area (TPSA) is 59.0 Å². The van der Waals surface area contributed by atoms with Gasteiger partial charge >= 0.3 is 0 Å². The van der Waals surface area contributed by atoms with E-state index in [2.05, 4.69) is 72.2 Å². The number of methoxy groups -OCH3 is 2. The fourth-order valence-corrected chi connectivity index (χ4v) is 5.82. The second kappa shape index (κ2) is 8.99. The fourth-order valence-electron chi connectivity index (χ4n) is 5.82. The summed E-state index contributed by atoms with van der Waals surface area (Å²) in [6.07, 6.45) is 3.77. The van der Waals surface area contributed by atoms with Crippen molar-refractivity contribution in [3.05, 3.63) is 116 Å². The summed E-state index contributed by atoms with van der Waals surface area (Å²) in [5, 5.41) is 2.30. The zero-order valence-electron chi connectivity index (χ0n) is 22.5. The average Bonchev–Trinajstić information content (AvgIpc) is 3.74. The molecule has 5 aromatic carbocycles. The summed E-state index contributed by atoms with van der Waals surface area (Å²) in [4.78, 5) is 9.25. The van der Waals surface area contributed by atoms with Crippen LogP contribution < -0.4 is 9.47 Å². The molecule has 0 saturated heterocycles. The lowest BCUT2D eigenvalue weighted by Gasteiger charge is -2.13. The van der Waals surface area contributed by atoms with Crippen molar-refractivity contribution in [2.75, 3.05) is 14.2 Å². The van der Waals surface area contributed by atoms with Crippen LogP contribution in [0.3, 0.4) is 0 Å². The number of imidazole rings is 2. The Bertz CT molecular complexity index is 2100. The number of ether oxygens (including phenoxy) is 2. The first kappa shape index (κ1) is 23.3. The summed E-state index contributed by atoms with van der Waals surface area (Å²) >= 11 is 0. The van der Waals surface area contributed by atoms with Gasteiger partial charge in [-0.2, -0.15) is 0 Å². The van der Waals surface area contributed by atoms with Crippen molar-refractivity contribution in [2.45, 2.75) is 0 Å². The highest BCUT2D eigenvalue weighted by molar-refractivity contribution is 6.10. The van der Waals surface area contributed by atoms with Crippen LogP contribution in [0.5, 0.6) is 11.5 Å². The standard InChI is InChI=1S/C34H25N5O2/c1-40-25-15-24(16-26(19-25)41-2)39-33-17-22(37-20-35-29-7-3-5-9-31(29)37)11-13-27(33)28-14-12-23(18-34(28)39)38-21-36-30-8-4-6-10-32(30)38/h3-21H,1-2H3. The van der Waals surface area contributed by atoms with E-state index in [1.165, 1.54) is 0 Å². The normalized spacial score (nSPS) is 11.7. The van der Waals surface area contributed by atoms with E-state index in [0.717, 1.165) is 72.4 Å². The van der Waals surface area contributed by atoms with Crippen LogP contribution in [0.15, 0.2) is 116 Å². The molecular weight excluding hydrogens is 510 g/mol. The van der Waals surface area contributed by atoms with Crippen molar-refractivity contribution in [1.82, 2.24) is 23.7 Å². The first-order chi connectivity index (χ1) is 20.2. The summed E-state index contributed by atoms with van der Waals surface area (Å²) in [5.74, 6) is 1.45. The van der Waals surface area contributed by atoms with E-state index in [9.17, 15) is 0 Å². The second-order valence-electron chi connectivity index (χ2n) is 10.0. The lowest BCUT2D eigenvalue weighted by molar-refractivity contribution is 0.394. The number of benzene rings is 5. The lowest BCUT2D eigenvalue weighted by atomic mass is 10.1. The van der Waals surface area contributed by atoms with Gasteiger partial charge in [0, 0.05) is 40.3 Å². The van der Waals surface area contributed by atoms with E-state index >= 15 is 0 Å². The van der Waals surface area contributed by atoms with Gasteiger partial charge in [-0.3, -0.25) is 9.13 Å². The van der Waals surface area contributed by atoms with Gasteiger partial charge in [0.2, 0.25) is 0 Å². The van der Waals surface area contributed by atoms with Crippen molar-refractivity contribution < 1.29 is 9.47 Å². The summed E-state index contributed by atoms with van der Waals surface area (Å²) < 4.78 is 17.9. The Morgan fingerprint density at radius 3 is 1.46 bits per heavy atom. The molecular formula is C34H25N5O2. The quantitative estimate of drug-likeness (QED) is 0.229. The average molecular weight is 536 g/mol. The van der Waals surface area contributed by atoms with Crippen molar-refractivity contribution >= 4 is 43.9 Å². The van der Waals surface area contributed by atoms with Crippen molar-refractivity contribution in [2.24, 2.45) is 0 Å². The van der Waals surface area contributed by atoms with Crippen LogP contribution >= 0.6 is 0 Å². The zero-order valence-corrected chi connectivity index (χ0v) is 22.5. The molecule has 3 aromatic heterocycles. The molecule has 8 aromatic rings. The molecule has 0 radical (unpaired) electrons. The van der Waals surface area contributed by atoms with E-state index in [0.29, 0.717) is 0 Å². The molecule has 0 spiro atoms. The predicted molar refractivity (Wildman–Crippen MR) is 163 cm³/mol. The van der Waals surface area contributed by atoms with Crippen LogP contribution in [0.25, 0.3) is 60.9 Å². The molecule has 0 aliphatic carbocycles. The molecule has 7 heteroatoms. The van der Waals surface area contributed by atoms with Gasteiger partial charge in [0.15, 0.2) is 0 Å². The van der Waals surface area contributed by atoms with Gasteiger partial charge in [-0.1, -0.05) is 36.4 Å². The summed E-state index contributed by atoms with van der Waals surface area (Å²) in [7, 11) is 3.35. The summed E-state index contributed by atoms with van der Waals surface area (Å²) in [6, 6.07) is 35.5. The van der Waals surface area contributed by atoms with Crippen LogP contribution in [-0.2, 0) is 0 Å². The minimum Gasteiger partial charge on any atom is -0.497 e. The first-order valence-electron chi connectivity index (χ1n) is 13.4. The van der Waals surface area contributed by atoms with Crippen LogP contribution in [0.4, 0.5) is 0 Å². The zero-order chi connectivity index (χ0) is 27.5. The highest BCUT2D eigenvalue weighted by Crippen LogP contribution is 2.37. The molecule has 0 fully saturated rings. The van der Waals surface area contributed by atoms with Crippen molar-refractivity contribution in [1.29, 1.82) is 0 Å². The molecule has 7 nitrogen and oxygen atoms in total. The number of para-hydroxylation sites is 4. The molecule has 0 aliphatic rings. The molecule has 198 valence electrons. The van der Waals surface area contributed by atoms with E-state index < -0.39 is 0 Å². The van der Waals surface area contributed by atoms with Gasteiger partial charge in [0.1, 0.15) is 24.2 Å². The monoisotopic (exact) mass is 535 g/mol. The largest absolute Gasteiger partial charge is 0.497 e. The van der Waals surface area contributed by atoms with Gasteiger partial charge in [-0.15, -0.1) is 0 Å². The smallest absolute Gasteiger partial charge is 0.124 e. The van der Waals surface area contributed by atoms with Gasteiger partial charge in [-0.25, -0.2) is 9.97 Å². The molecule has 0 N–H and O–H groups in total. The minimum absolute atomic E-state index is 0.725. The number of hydrogen-bond donors (Lipinski definition) is 0. The maximum Gasteiger partial charge on any atom is 0.124 e. The molecule has 3 heterocycles. The SMILES string of the molecule is COc1cc(OC)cc(-n2c3cc(-n4cnc5ccccc54)ccc3c3ccc(-n4cnc5ccccc54)cc32)c1. The maximum absolute atomic E-state index is 5.66. The third kappa shape index (κ3) is 3.59. The summed E-state index contributed by atoms with van der Waals surface area (Å²) in [5.41, 5.74) is 9.19. The van der Waals surface area contributed by atoms with Crippen molar-refractivity contribution in [3.63, 3.8) is 0 Å². The first-order valence-corrected chi connectivity index (χ1v) is 13.4. The Labute approximate surface area is 235 Å². The van der Waals surface area contributed by atoms with Crippen LogP contribution in [0, 0.1) is 0 Å². The van der Waals surface area contributed by atoms with Gasteiger partial charge in [-0.05, 0) is 48.5 Å². The van der Waals surface area contributed by atoms with E-state index in [-0.39, 0.29) is 0 Å². The number of hydrogen-bond acceptors (Lipinski definition) is 4. The third-order valence-corrected chi connectivity index (χ3v) is 7.79.